The molecule has 2 aromatic heterocycles. The molecule has 0 atom stereocenters. The number of Topliss-reactive ketones (excluding diaryl/α,β-unsaturated/α-hetero) is 2. The predicted octanol–water partition coefficient (Wildman–Crippen LogP) is 7.15. The van der Waals surface area contributed by atoms with E-state index >= 15 is 0 Å². The van der Waals surface area contributed by atoms with Crippen LogP contribution >= 0.6 is 11.3 Å². The van der Waals surface area contributed by atoms with Crippen molar-refractivity contribution < 1.29 is 32.2 Å². The monoisotopic (exact) mass is 513 g/mol. The van der Waals surface area contributed by atoms with Crippen LogP contribution in [0.15, 0.2) is 53.9 Å². The molecule has 0 fully saturated rings. The van der Waals surface area contributed by atoms with E-state index in [0.29, 0.717) is 22.6 Å². The molecule has 0 amide bonds. The molecular formula is C27H22F3NO4S. The summed E-state index contributed by atoms with van der Waals surface area (Å²) in [6, 6.07) is 11.9. The Morgan fingerprint density at radius 1 is 0.944 bits per heavy atom. The summed E-state index contributed by atoms with van der Waals surface area (Å²) < 4.78 is 52.3. The van der Waals surface area contributed by atoms with Gasteiger partial charge in [0.2, 0.25) is 0 Å². The largest absolute Gasteiger partial charge is 0.493 e. The van der Waals surface area contributed by atoms with Gasteiger partial charge in [-0.3, -0.25) is 9.59 Å². The number of alkyl halides is 3. The molecular weight excluding hydrogens is 491 g/mol. The fourth-order valence-corrected chi connectivity index (χ4v) is 4.93. The Bertz CT molecular complexity index is 1460. The molecule has 2 heterocycles. The number of ketones is 2. The molecule has 0 aliphatic heterocycles. The molecule has 0 spiro atoms. The van der Waals surface area contributed by atoms with E-state index in [4.69, 9.17) is 9.47 Å². The number of aryl methyl sites for hydroxylation is 1. The fourth-order valence-electron chi connectivity index (χ4n) is 3.88. The summed E-state index contributed by atoms with van der Waals surface area (Å²) in [5.74, 6) is -0.193. The van der Waals surface area contributed by atoms with Crippen molar-refractivity contribution in [3.63, 3.8) is 0 Å². The van der Waals surface area contributed by atoms with Crippen LogP contribution in [0.2, 0.25) is 0 Å². The van der Waals surface area contributed by atoms with Crippen LogP contribution in [0.4, 0.5) is 13.2 Å². The Morgan fingerprint density at radius 3 is 2.36 bits per heavy atom. The maximum absolute atomic E-state index is 13.7. The Hall–Kier alpha value is -3.72. The number of carbonyl (C=O) groups excluding carboxylic acids is 2. The van der Waals surface area contributed by atoms with E-state index in [0.717, 1.165) is 27.8 Å². The first kappa shape index (κ1) is 25.4. The molecule has 0 bridgehead atoms. The lowest BCUT2D eigenvalue weighted by molar-refractivity contribution is -0.137. The summed E-state index contributed by atoms with van der Waals surface area (Å²) in [6.45, 7) is 1.92. The van der Waals surface area contributed by atoms with Gasteiger partial charge in [-0.05, 0) is 42.8 Å². The van der Waals surface area contributed by atoms with E-state index in [9.17, 15) is 22.8 Å². The van der Waals surface area contributed by atoms with E-state index in [1.807, 2.05) is 25.1 Å². The van der Waals surface area contributed by atoms with Gasteiger partial charge in [-0.25, -0.2) is 4.98 Å². The smallest absolute Gasteiger partial charge is 0.416 e. The minimum atomic E-state index is -4.66. The van der Waals surface area contributed by atoms with Gasteiger partial charge in [0.05, 0.1) is 25.5 Å². The summed E-state index contributed by atoms with van der Waals surface area (Å²) in [4.78, 5) is 29.8. The molecule has 2 aromatic carbocycles. The number of aromatic nitrogens is 1. The minimum Gasteiger partial charge on any atom is -0.493 e. The molecule has 0 aliphatic rings. The molecule has 4 aromatic rings. The van der Waals surface area contributed by atoms with Crippen molar-refractivity contribution in [2.75, 3.05) is 14.2 Å². The van der Waals surface area contributed by atoms with Crippen molar-refractivity contribution in [2.45, 2.75) is 25.9 Å². The van der Waals surface area contributed by atoms with Gasteiger partial charge in [0.1, 0.15) is 5.69 Å². The van der Waals surface area contributed by atoms with Crippen LogP contribution in [0.25, 0.3) is 21.3 Å². The third-order valence-electron chi connectivity index (χ3n) is 5.80. The van der Waals surface area contributed by atoms with Crippen molar-refractivity contribution in [1.82, 2.24) is 4.98 Å². The third-order valence-corrected chi connectivity index (χ3v) is 6.93. The zero-order valence-corrected chi connectivity index (χ0v) is 20.5. The van der Waals surface area contributed by atoms with E-state index in [2.05, 4.69) is 4.98 Å². The first-order chi connectivity index (χ1) is 17.1. The summed E-state index contributed by atoms with van der Waals surface area (Å²) in [6.07, 6.45) is -5.14. The Labute approximate surface area is 209 Å². The van der Waals surface area contributed by atoms with Gasteiger partial charge < -0.3 is 9.47 Å². The highest BCUT2D eigenvalue weighted by molar-refractivity contribution is 7.18. The van der Waals surface area contributed by atoms with Crippen LogP contribution in [0.5, 0.6) is 11.5 Å². The second-order valence-corrected chi connectivity index (χ2v) is 9.02. The molecule has 5 nitrogen and oxygen atoms in total. The molecule has 0 aliphatic carbocycles. The number of carbonyl (C=O) groups is 2. The summed E-state index contributed by atoms with van der Waals surface area (Å²) in [5.41, 5.74) is 0.608. The molecule has 0 saturated carbocycles. The van der Waals surface area contributed by atoms with E-state index in [-0.39, 0.29) is 30.0 Å². The first-order valence-corrected chi connectivity index (χ1v) is 11.8. The maximum atomic E-state index is 13.7. The topological polar surface area (TPSA) is 65.5 Å². The number of hydrogen-bond donors (Lipinski definition) is 0. The number of benzene rings is 2. The van der Waals surface area contributed by atoms with Gasteiger partial charge in [0.15, 0.2) is 23.1 Å². The zero-order chi connectivity index (χ0) is 26.0. The van der Waals surface area contributed by atoms with E-state index in [1.54, 1.807) is 17.5 Å². The number of fused-ring (bicyclic) bond motifs is 1. The number of methoxy groups -OCH3 is 2. The lowest BCUT2D eigenvalue weighted by Gasteiger charge is -2.11. The first-order valence-electron chi connectivity index (χ1n) is 11.0. The van der Waals surface area contributed by atoms with Crippen LogP contribution in [-0.4, -0.2) is 30.8 Å². The van der Waals surface area contributed by atoms with Gasteiger partial charge in [0, 0.05) is 39.4 Å². The second-order valence-electron chi connectivity index (χ2n) is 8.14. The molecule has 0 radical (unpaired) electrons. The van der Waals surface area contributed by atoms with Gasteiger partial charge >= 0.3 is 6.18 Å². The number of thiophene rings is 1. The standard InChI is InChI=1S/C27H22F3NO4S/c1-15-5-4-6-18-19(14-36-26(15)18)20-12-17(27(28,29)30)13-21(31-20)23(33)9-8-22(32)16-7-10-24(34-2)25(11-16)35-3/h4-7,10-14H,8-9H2,1-3H3. The van der Waals surface area contributed by atoms with Gasteiger partial charge in [-0.15, -0.1) is 11.3 Å². The quantitative estimate of drug-likeness (QED) is 0.234. The van der Waals surface area contributed by atoms with Gasteiger partial charge in [-0.1, -0.05) is 18.2 Å². The normalized spacial score (nSPS) is 11.5. The second kappa shape index (κ2) is 10.1. The van der Waals surface area contributed by atoms with Crippen LogP contribution in [-0.2, 0) is 6.18 Å². The number of ether oxygens (including phenoxy) is 2. The number of halogens is 3. The van der Waals surface area contributed by atoms with E-state index in [1.165, 1.54) is 31.6 Å². The average Bonchev–Trinajstić information content (AvgIpc) is 3.31. The molecule has 4 rings (SSSR count). The molecule has 186 valence electrons. The Balaban J connectivity index is 1.63. The fraction of sp³-hybridized carbons (Fsp3) is 0.222. The summed E-state index contributed by atoms with van der Waals surface area (Å²) in [7, 11) is 2.90. The molecule has 36 heavy (non-hydrogen) atoms. The molecule has 0 saturated heterocycles. The van der Waals surface area contributed by atoms with Crippen molar-refractivity contribution >= 4 is 33.0 Å². The van der Waals surface area contributed by atoms with Crippen molar-refractivity contribution in [1.29, 1.82) is 0 Å². The van der Waals surface area contributed by atoms with Crippen molar-refractivity contribution in [2.24, 2.45) is 0 Å². The predicted molar refractivity (Wildman–Crippen MR) is 132 cm³/mol. The lowest BCUT2D eigenvalue weighted by Crippen LogP contribution is -2.12. The maximum Gasteiger partial charge on any atom is 0.416 e. The summed E-state index contributed by atoms with van der Waals surface area (Å²) in [5, 5.41) is 2.52. The van der Waals surface area contributed by atoms with Gasteiger partial charge in [-0.2, -0.15) is 13.2 Å². The Kier molecular flexibility index (Phi) is 7.12. The SMILES string of the molecule is COc1ccc(C(=O)CCC(=O)c2cc(C(F)(F)F)cc(-c3csc4c(C)cccc34)n2)cc1OC. The van der Waals surface area contributed by atoms with Crippen LogP contribution in [0.3, 0.4) is 0 Å². The minimum absolute atomic E-state index is 0.0660. The van der Waals surface area contributed by atoms with Crippen LogP contribution in [0, 0.1) is 6.92 Å². The van der Waals surface area contributed by atoms with Crippen molar-refractivity contribution in [3.05, 3.63) is 76.3 Å². The summed E-state index contributed by atoms with van der Waals surface area (Å²) >= 11 is 1.41. The lowest BCUT2D eigenvalue weighted by atomic mass is 10.0. The number of rotatable bonds is 8. The number of pyridine rings is 1. The van der Waals surface area contributed by atoms with Crippen LogP contribution < -0.4 is 9.47 Å². The average molecular weight is 514 g/mol. The highest BCUT2D eigenvalue weighted by atomic mass is 32.1. The van der Waals surface area contributed by atoms with Gasteiger partial charge in [0.25, 0.3) is 0 Å². The molecule has 0 unspecified atom stereocenters. The number of hydrogen-bond acceptors (Lipinski definition) is 6. The number of nitrogens with zero attached hydrogens (tertiary/aromatic N) is 1. The highest BCUT2D eigenvalue weighted by Crippen LogP contribution is 2.38. The zero-order valence-electron chi connectivity index (χ0n) is 19.7. The molecule has 0 N–H and O–H groups in total. The van der Waals surface area contributed by atoms with E-state index < -0.39 is 17.5 Å². The Morgan fingerprint density at radius 2 is 1.67 bits per heavy atom. The van der Waals surface area contributed by atoms with Crippen molar-refractivity contribution in [3.8, 4) is 22.8 Å². The van der Waals surface area contributed by atoms with Crippen LogP contribution in [0.1, 0.15) is 44.8 Å². The molecule has 9 heteroatoms. The third kappa shape index (κ3) is 5.11. The highest BCUT2D eigenvalue weighted by Gasteiger charge is 2.33.